The highest BCUT2D eigenvalue weighted by Gasteiger charge is 2.32. The average Bonchev–Trinajstić information content (AvgIpc) is 3.04. The second-order valence-electron chi connectivity index (χ2n) is 4.71. The van der Waals surface area contributed by atoms with Crippen molar-refractivity contribution < 1.29 is 9.53 Å². The zero-order chi connectivity index (χ0) is 14.7. The molecule has 0 unspecified atom stereocenters. The molecule has 1 aromatic carbocycles. The molecular weight excluding hydrogens is 284 g/mol. The van der Waals surface area contributed by atoms with Crippen molar-refractivity contribution in [1.82, 2.24) is 9.88 Å². The zero-order valence-electron chi connectivity index (χ0n) is 11.7. The molecule has 1 aliphatic heterocycles. The van der Waals surface area contributed by atoms with Gasteiger partial charge in [-0.15, -0.1) is 11.8 Å². The standard InChI is InChI=1S/C16H16N2O2S/c1-20-14-7-3-2-6-13(14)15(19)18-9-10-21-16(18)12-5-4-8-17-11-12/h2-8,11,16H,9-10H2,1H3/t16-/m1/s1. The van der Waals surface area contributed by atoms with E-state index in [-0.39, 0.29) is 11.3 Å². The molecule has 21 heavy (non-hydrogen) atoms. The van der Waals surface area contributed by atoms with Gasteiger partial charge < -0.3 is 9.64 Å². The van der Waals surface area contributed by atoms with Crippen molar-refractivity contribution in [2.75, 3.05) is 19.4 Å². The van der Waals surface area contributed by atoms with Crippen LogP contribution in [0.25, 0.3) is 0 Å². The molecule has 0 radical (unpaired) electrons. The zero-order valence-corrected chi connectivity index (χ0v) is 12.5. The van der Waals surface area contributed by atoms with Gasteiger partial charge in [-0.2, -0.15) is 0 Å². The summed E-state index contributed by atoms with van der Waals surface area (Å²) >= 11 is 1.76. The minimum Gasteiger partial charge on any atom is -0.496 e. The summed E-state index contributed by atoms with van der Waals surface area (Å²) in [5, 5.41) is 0.0242. The molecule has 5 heteroatoms. The number of rotatable bonds is 3. The Hall–Kier alpha value is -2.01. The number of para-hydroxylation sites is 1. The molecule has 0 saturated carbocycles. The van der Waals surface area contributed by atoms with Gasteiger partial charge in [-0.3, -0.25) is 9.78 Å². The van der Waals surface area contributed by atoms with E-state index in [1.807, 2.05) is 47.5 Å². The smallest absolute Gasteiger partial charge is 0.258 e. The van der Waals surface area contributed by atoms with Crippen LogP contribution in [-0.4, -0.2) is 35.2 Å². The summed E-state index contributed by atoms with van der Waals surface area (Å²) in [7, 11) is 1.59. The molecule has 1 amide bonds. The molecule has 2 aromatic rings. The van der Waals surface area contributed by atoms with E-state index in [0.717, 1.165) is 17.9 Å². The van der Waals surface area contributed by atoms with Crippen molar-refractivity contribution in [3.05, 3.63) is 59.9 Å². The van der Waals surface area contributed by atoms with Crippen LogP contribution in [0.2, 0.25) is 0 Å². The van der Waals surface area contributed by atoms with E-state index in [2.05, 4.69) is 4.98 Å². The molecule has 4 nitrogen and oxygen atoms in total. The summed E-state index contributed by atoms with van der Waals surface area (Å²) in [5.41, 5.74) is 1.67. The first kappa shape index (κ1) is 13.9. The fourth-order valence-electron chi connectivity index (χ4n) is 2.45. The quantitative estimate of drug-likeness (QED) is 0.874. The summed E-state index contributed by atoms with van der Waals surface area (Å²) in [4.78, 5) is 18.9. The number of nitrogens with zero attached hydrogens (tertiary/aromatic N) is 2. The lowest BCUT2D eigenvalue weighted by Crippen LogP contribution is -2.30. The molecule has 1 fully saturated rings. The van der Waals surface area contributed by atoms with Crippen LogP contribution in [0.15, 0.2) is 48.8 Å². The Morgan fingerprint density at radius 1 is 1.33 bits per heavy atom. The van der Waals surface area contributed by atoms with Gasteiger partial charge in [0.25, 0.3) is 5.91 Å². The van der Waals surface area contributed by atoms with E-state index < -0.39 is 0 Å². The highest BCUT2D eigenvalue weighted by Crippen LogP contribution is 2.39. The molecule has 0 bridgehead atoms. The van der Waals surface area contributed by atoms with Crippen molar-refractivity contribution in [2.24, 2.45) is 0 Å². The number of hydrogen-bond donors (Lipinski definition) is 0. The minimum absolute atomic E-state index is 0.00584. The van der Waals surface area contributed by atoms with Gasteiger partial charge in [-0.25, -0.2) is 0 Å². The van der Waals surface area contributed by atoms with E-state index in [9.17, 15) is 4.79 Å². The van der Waals surface area contributed by atoms with E-state index in [1.165, 1.54) is 0 Å². The number of ether oxygens (including phenoxy) is 1. The third kappa shape index (κ3) is 2.74. The molecule has 1 saturated heterocycles. The Morgan fingerprint density at radius 2 is 2.19 bits per heavy atom. The van der Waals surface area contributed by atoms with Gasteiger partial charge in [-0.1, -0.05) is 18.2 Å². The summed E-state index contributed by atoms with van der Waals surface area (Å²) in [6, 6.07) is 11.3. The highest BCUT2D eigenvalue weighted by molar-refractivity contribution is 7.99. The largest absolute Gasteiger partial charge is 0.496 e. The molecule has 3 rings (SSSR count). The molecule has 0 aliphatic carbocycles. The Morgan fingerprint density at radius 3 is 2.95 bits per heavy atom. The van der Waals surface area contributed by atoms with E-state index in [0.29, 0.717) is 11.3 Å². The SMILES string of the molecule is COc1ccccc1C(=O)N1CCS[C@@H]1c1cccnc1. The topological polar surface area (TPSA) is 42.4 Å². The van der Waals surface area contributed by atoms with Crippen molar-refractivity contribution in [1.29, 1.82) is 0 Å². The van der Waals surface area contributed by atoms with Crippen LogP contribution in [0.1, 0.15) is 21.3 Å². The number of hydrogen-bond acceptors (Lipinski definition) is 4. The van der Waals surface area contributed by atoms with Crippen LogP contribution >= 0.6 is 11.8 Å². The van der Waals surface area contributed by atoms with E-state index in [4.69, 9.17) is 4.74 Å². The molecular formula is C16H16N2O2S. The van der Waals surface area contributed by atoms with Crippen LogP contribution in [0, 0.1) is 0 Å². The van der Waals surface area contributed by atoms with Gasteiger partial charge in [0.15, 0.2) is 0 Å². The predicted molar refractivity (Wildman–Crippen MR) is 83.5 cm³/mol. The average molecular weight is 300 g/mol. The van der Waals surface area contributed by atoms with Crippen LogP contribution in [0.4, 0.5) is 0 Å². The van der Waals surface area contributed by atoms with E-state index in [1.54, 1.807) is 25.1 Å². The highest BCUT2D eigenvalue weighted by atomic mass is 32.2. The van der Waals surface area contributed by atoms with Crippen LogP contribution < -0.4 is 4.74 Å². The maximum atomic E-state index is 12.8. The summed E-state index contributed by atoms with van der Waals surface area (Å²) < 4.78 is 5.30. The fourth-order valence-corrected chi connectivity index (χ4v) is 3.69. The Balaban J connectivity index is 1.90. The first-order valence-electron chi connectivity index (χ1n) is 6.77. The third-order valence-corrected chi connectivity index (χ3v) is 4.72. The lowest BCUT2D eigenvalue weighted by molar-refractivity contribution is 0.0757. The van der Waals surface area contributed by atoms with Gasteiger partial charge >= 0.3 is 0 Å². The molecule has 0 N–H and O–H groups in total. The van der Waals surface area contributed by atoms with Crippen LogP contribution in [0.3, 0.4) is 0 Å². The summed E-state index contributed by atoms with van der Waals surface area (Å²) in [5.74, 6) is 1.55. The number of aromatic nitrogens is 1. The van der Waals surface area contributed by atoms with Gasteiger partial charge in [-0.05, 0) is 18.2 Å². The summed E-state index contributed by atoms with van der Waals surface area (Å²) in [6.07, 6.45) is 3.57. The maximum absolute atomic E-state index is 12.8. The first-order valence-corrected chi connectivity index (χ1v) is 7.81. The second kappa shape index (κ2) is 6.18. The van der Waals surface area contributed by atoms with Crippen molar-refractivity contribution in [3.8, 4) is 5.75 Å². The lowest BCUT2D eigenvalue weighted by atomic mass is 10.1. The number of carbonyl (C=O) groups is 1. The van der Waals surface area contributed by atoms with Gasteiger partial charge in [0.1, 0.15) is 11.1 Å². The predicted octanol–water partition coefficient (Wildman–Crippen LogP) is 2.98. The normalized spacial score (nSPS) is 17.8. The molecule has 1 aromatic heterocycles. The molecule has 2 heterocycles. The van der Waals surface area contributed by atoms with Gasteiger partial charge in [0.05, 0.1) is 12.7 Å². The Labute approximate surface area is 128 Å². The van der Waals surface area contributed by atoms with Gasteiger partial charge in [0, 0.05) is 30.3 Å². The molecule has 0 spiro atoms. The third-order valence-electron chi connectivity index (χ3n) is 3.46. The van der Waals surface area contributed by atoms with Crippen molar-refractivity contribution in [2.45, 2.75) is 5.37 Å². The van der Waals surface area contributed by atoms with Crippen molar-refractivity contribution in [3.63, 3.8) is 0 Å². The summed E-state index contributed by atoms with van der Waals surface area (Å²) in [6.45, 7) is 0.737. The first-order chi connectivity index (χ1) is 10.3. The minimum atomic E-state index is 0.00584. The monoisotopic (exact) mass is 300 g/mol. The molecule has 1 atom stereocenters. The maximum Gasteiger partial charge on any atom is 0.258 e. The Bertz CT molecular complexity index is 633. The van der Waals surface area contributed by atoms with Gasteiger partial charge in [0.2, 0.25) is 0 Å². The Kier molecular flexibility index (Phi) is 4.10. The number of methoxy groups -OCH3 is 1. The van der Waals surface area contributed by atoms with Crippen LogP contribution in [-0.2, 0) is 0 Å². The molecule has 1 aliphatic rings. The van der Waals surface area contributed by atoms with E-state index >= 15 is 0 Å². The van der Waals surface area contributed by atoms with Crippen molar-refractivity contribution >= 4 is 17.7 Å². The number of amides is 1. The molecule has 108 valence electrons. The second-order valence-corrected chi connectivity index (χ2v) is 5.90. The fraction of sp³-hybridized carbons (Fsp3) is 0.250. The van der Waals surface area contributed by atoms with Crippen LogP contribution in [0.5, 0.6) is 5.75 Å². The number of thioether (sulfide) groups is 1. The lowest BCUT2D eigenvalue weighted by Gasteiger charge is -2.24. The number of pyridine rings is 1. The number of carbonyl (C=O) groups excluding carboxylic acids is 1. The number of benzene rings is 1.